The summed E-state index contributed by atoms with van der Waals surface area (Å²) in [7, 11) is 0. The third-order valence-corrected chi connectivity index (χ3v) is 3.12. The fourth-order valence-electron chi connectivity index (χ4n) is 1.75. The molecule has 0 fully saturated rings. The van der Waals surface area contributed by atoms with Gasteiger partial charge in [0.25, 0.3) is 5.69 Å². The van der Waals surface area contributed by atoms with Crippen LogP contribution < -0.4 is 5.43 Å². The zero-order valence-corrected chi connectivity index (χ0v) is 12.1. The van der Waals surface area contributed by atoms with Crippen LogP contribution in [0.1, 0.15) is 11.1 Å². The summed E-state index contributed by atoms with van der Waals surface area (Å²) in [5.74, 6) is 0. The Morgan fingerprint density at radius 1 is 1.22 bits per heavy atom. The lowest BCUT2D eigenvalue weighted by Crippen LogP contribution is -2.08. The van der Waals surface area contributed by atoms with E-state index in [0.717, 1.165) is 12.3 Å². The highest BCUT2D eigenvalue weighted by molar-refractivity contribution is 6.32. The number of hydrogen-bond acceptors (Lipinski definition) is 4. The highest BCUT2D eigenvalue weighted by Gasteiger charge is 2.33. The fraction of sp³-hybridized carbons (Fsp3) is 0.0714. The molecule has 0 saturated carbocycles. The number of rotatable bonds is 4. The second-order valence-electron chi connectivity index (χ2n) is 4.38. The minimum atomic E-state index is -4.52. The molecule has 5 nitrogen and oxygen atoms in total. The van der Waals surface area contributed by atoms with E-state index in [0.29, 0.717) is 5.56 Å². The molecule has 1 N–H and O–H groups in total. The summed E-state index contributed by atoms with van der Waals surface area (Å²) in [5, 5.41) is 14.4. The molecule has 2 aromatic carbocycles. The molecule has 120 valence electrons. The summed E-state index contributed by atoms with van der Waals surface area (Å²) in [6.45, 7) is 0. The van der Waals surface area contributed by atoms with Crippen molar-refractivity contribution >= 4 is 29.2 Å². The summed E-state index contributed by atoms with van der Waals surface area (Å²) >= 11 is 5.67. The van der Waals surface area contributed by atoms with E-state index in [1.165, 1.54) is 36.4 Å². The van der Waals surface area contributed by atoms with Gasteiger partial charge in [0.15, 0.2) is 0 Å². The molecule has 0 saturated heterocycles. The highest BCUT2D eigenvalue weighted by atomic mass is 35.5. The van der Waals surface area contributed by atoms with Crippen LogP contribution in [0.4, 0.5) is 24.5 Å². The van der Waals surface area contributed by atoms with Crippen molar-refractivity contribution in [2.75, 3.05) is 5.43 Å². The first-order chi connectivity index (χ1) is 10.8. The quantitative estimate of drug-likeness (QED) is 0.496. The van der Waals surface area contributed by atoms with Crippen LogP contribution >= 0.6 is 11.6 Å². The van der Waals surface area contributed by atoms with Gasteiger partial charge in [-0.1, -0.05) is 29.8 Å². The molecule has 0 spiro atoms. The molecule has 2 aromatic rings. The summed E-state index contributed by atoms with van der Waals surface area (Å²) in [6.07, 6.45) is -3.35. The van der Waals surface area contributed by atoms with Crippen LogP contribution in [0.2, 0.25) is 5.02 Å². The average Bonchev–Trinajstić information content (AvgIpc) is 2.48. The number of nitrogens with one attached hydrogen (secondary N) is 1. The van der Waals surface area contributed by atoms with E-state index in [1.807, 2.05) is 0 Å². The maximum absolute atomic E-state index is 12.8. The van der Waals surface area contributed by atoms with Crippen molar-refractivity contribution in [1.82, 2.24) is 0 Å². The van der Waals surface area contributed by atoms with Crippen molar-refractivity contribution in [3.05, 3.63) is 68.7 Å². The number of nitro benzene ring substituents is 1. The summed E-state index contributed by atoms with van der Waals surface area (Å²) < 4.78 is 38.4. The minimum Gasteiger partial charge on any atom is -0.278 e. The van der Waals surface area contributed by atoms with Gasteiger partial charge in [-0.25, -0.2) is 0 Å². The second kappa shape index (κ2) is 6.66. The van der Waals surface area contributed by atoms with Gasteiger partial charge in [0.2, 0.25) is 0 Å². The Balaban J connectivity index is 2.21. The number of para-hydroxylation sites is 1. The van der Waals surface area contributed by atoms with Crippen LogP contribution in [0.3, 0.4) is 0 Å². The Morgan fingerprint density at radius 3 is 2.57 bits per heavy atom. The first kappa shape index (κ1) is 16.8. The molecule has 0 amide bonds. The lowest BCUT2D eigenvalue weighted by Gasteiger charge is -2.11. The number of hydrazone groups is 1. The lowest BCUT2D eigenvalue weighted by atomic mass is 10.2. The molecular weight excluding hydrogens is 335 g/mol. The van der Waals surface area contributed by atoms with Crippen LogP contribution in [0.15, 0.2) is 47.6 Å². The van der Waals surface area contributed by atoms with Gasteiger partial charge in [0.05, 0.1) is 22.4 Å². The number of alkyl halides is 3. The van der Waals surface area contributed by atoms with E-state index in [2.05, 4.69) is 10.5 Å². The zero-order valence-electron chi connectivity index (χ0n) is 11.3. The van der Waals surface area contributed by atoms with Crippen molar-refractivity contribution in [3.63, 3.8) is 0 Å². The Bertz CT molecular complexity index is 763. The Hall–Kier alpha value is -2.61. The average molecular weight is 344 g/mol. The van der Waals surface area contributed by atoms with Gasteiger partial charge in [0, 0.05) is 11.6 Å². The van der Waals surface area contributed by atoms with Crippen LogP contribution in [-0.2, 0) is 6.18 Å². The topological polar surface area (TPSA) is 67.5 Å². The third kappa shape index (κ3) is 4.19. The number of anilines is 1. The van der Waals surface area contributed by atoms with E-state index in [9.17, 15) is 23.3 Å². The highest BCUT2D eigenvalue weighted by Crippen LogP contribution is 2.34. The summed E-state index contributed by atoms with van der Waals surface area (Å²) in [4.78, 5) is 10.1. The van der Waals surface area contributed by atoms with Crippen LogP contribution in [0.5, 0.6) is 0 Å². The van der Waals surface area contributed by atoms with Crippen LogP contribution in [-0.4, -0.2) is 11.1 Å². The molecule has 2 rings (SSSR count). The number of nitro groups is 1. The predicted octanol–water partition coefficient (Wildman–Crippen LogP) is 4.71. The van der Waals surface area contributed by atoms with Gasteiger partial charge in [-0.15, -0.1) is 0 Å². The third-order valence-electron chi connectivity index (χ3n) is 2.80. The molecule has 0 aromatic heterocycles. The Kier molecular flexibility index (Phi) is 4.85. The van der Waals surface area contributed by atoms with Crippen LogP contribution in [0.25, 0.3) is 0 Å². The fourth-order valence-corrected chi connectivity index (χ4v) is 1.94. The molecule has 0 atom stereocenters. The lowest BCUT2D eigenvalue weighted by molar-refractivity contribution is -0.384. The van der Waals surface area contributed by atoms with Crippen molar-refractivity contribution in [2.24, 2.45) is 5.10 Å². The monoisotopic (exact) mass is 343 g/mol. The maximum Gasteiger partial charge on any atom is 0.418 e. The molecule has 23 heavy (non-hydrogen) atoms. The van der Waals surface area contributed by atoms with Gasteiger partial charge in [0.1, 0.15) is 5.02 Å². The van der Waals surface area contributed by atoms with Crippen LogP contribution in [0, 0.1) is 10.1 Å². The van der Waals surface area contributed by atoms with Gasteiger partial charge in [-0.05, 0) is 18.2 Å². The maximum atomic E-state index is 12.8. The summed E-state index contributed by atoms with van der Waals surface area (Å²) in [6, 6.07) is 8.78. The van der Waals surface area contributed by atoms with Crippen molar-refractivity contribution in [2.45, 2.75) is 6.18 Å². The standard InChI is InChI=1S/C14H9ClF3N3O2/c15-11-6-5-9(7-13(11)21(22)23)8-19-20-12-4-2-1-3-10(12)14(16,17)18/h1-8,20H/b19-8-. The molecule has 0 radical (unpaired) electrons. The van der Waals surface area contributed by atoms with E-state index < -0.39 is 16.7 Å². The number of hydrogen-bond donors (Lipinski definition) is 1. The smallest absolute Gasteiger partial charge is 0.278 e. The zero-order chi connectivity index (χ0) is 17.0. The predicted molar refractivity (Wildman–Crippen MR) is 80.8 cm³/mol. The van der Waals surface area contributed by atoms with Crippen molar-refractivity contribution in [3.8, 4) is 0 Å². The molecule has 0 aliphatic rings. The molecule has 0 unspecified atom stereocenters. The van der Waals surface area contributed by atoms with Gasteiger partial charge in [-0.3, -0.25) is 15.5 Å². The Labute approximate surface area is 133 Å². The van der Waals surface area contributed by atoms with Crippen molar-refractivity contribution in [1.29, 1.82) is 0 Å². The number of halogens is 4. The first-order valence-corrected chi connectivity index (χ1v) is 6.56. The van der Waals surface area contributed by atoms with E-state index in [1.54, 1.807) is 0 Å². The van der Waals surface area contributed by atoms with Gasteiger partial charge >= 0.3 is 6.18 Å². The largest absolute Gasteiger partial charge is 0.418 e. The Morgan fingerprint density at radius 2 is 1.91 bits per heavy atom. The molecule has 9 heteroatoms. The first-order valence-electron chi connectivity index (χ1n) is 6.18. The van der Waals surface area contributed by atoms with Gasteiger partial charge < -0.3 is 0 Å². The van der Waals surface area contributed by atoms with E-state index in [4.69, 9.17) is 11.6 Å². The molecular formula is C14H9ClF3N3O2. The van der Waals surface area contributed by atoms with Gasteiger partial charge in [-0.2, -0.15) is 18.3 Å². The van der Waals surface area contributed by atoms with E-state index in [-0.39, 0.29) is 16.4 Å². The number of nitrogens with zero attached hydrogens (tertiary/aromatic N) is 2. The number of benzene rings is 2. The molecule has 0 aliphatic carbocycles. The normalized spacial score (nSPS) is 11.7. The van der Waals surface area contributed by atoms with Crippen molar-refractivity contribution < 1.29 is 18.1 Å². The SMILES string of the molecule is O=[N+]([O-])c1cc(/C=N\Nc2ccccc2C(F)(F)F)ccc1Cl. The van der Waals surface area contributed by atoms with E-state index >= 15 is 0 Å². The molecule has 0 bridgehead atoms. The molecule has 0 aliphatic heterocycles. The second-order valence-corrected chi connectivity index (χ2v) is 4.79. The minimum absolute atomic E-state index is 0.0393. The summed E-state index contributed by atoms with van der Waals surface area (Å²) in [5.41, 5.74) is 1.20. The molecule has 0 heterocycles.